The van der Waals surface area contributed by atoms with E-state index in [4.69, 9.17) is 16.3 Å². The molecule has 0 atom stereocenters. The molecule has 1 aromatic heterocycles. The molecule has 6 heteroatoms. The number of amides is 1. The standard InChI is InChI=1S/C9H12ClN3O2/c1-2-3-15-5-9(14)13-8-4-7(10)11-6-12-8/h4,6H,2-3,5H2,1H3,(H,11,12,13,14). The van der Waals surface area contributed by atoms with Crippen molar-refractivity contribution in [3.8, 4) is 0 Å². The Morgan fingerprint density at radius 2 is 2.40 bits per heavy atom. The summed E-state index contributed by atoms with van der Waals surface area (Å²) in [4.78, 5) is 18.8. The van der Waals surface area contributed by atoms with Gasteiger partial charge in [0.05, 0.1) is 0 Å². The summed E-state index contributed by atoms with van der Waals surface area (Å²) < 4.78 is 5.06. The van der Waals surface area contributed by atoms with Crippen LogP contribution < -0.4 is 5.32 Å². The van der Waals surface area contributed by atoms with Crippen molar-refractivity contribution in [3.05, 3.63) is 17.5 Å². The summed E-state index contributed by atoms with van der Waals surface area (Å²) in [5.74, 6) is 0.123. The minimum atomic E-state index is -0.252. The number of carbonyl (C=O) groups excluding carboxylic acids is 1. The molecule has 0 fully saturated rings. The number of hydrogen-bond acceptors (Lipinski definition) is 4. The minimum absolute atomic E-state index is 0.0233. The predicted molar refractivity (Wildman–Crippen MR) is 56.8 cm³/mol. The highest BCUT2D eigenvalue weighted by Crippen LogP contribution is 2.07. The van der Waals surface area contributed by atoms with Crippen LogP contribution in [0.25, 0.3) is 0 Å². The molecule has 15 heavy (non-hydrogen) atoms. The Morgan fingerprint density at radius 3 is 3.07 bits per heavy atom. The van der Waals surface area contributed by atoms with Gasteiger partial charge in [-0.1, -0.05) is 18.5 Å². The lowest BCUT2D eigenvalue weighted by molar-refractivity contribution is -0.120. The van der Waals surface area contributed by atoms with Crippen LogP contribution in [0, 0.1) is 0 Å². The molecule has 0 bridgehead atoms. The Labute approximate surface area is 92.8 Å². The molecular formula is C9H12ClN3O2. The van der Waals surface area contributed by atoms with E-state index in [9.17, 15) is 4.79 Å². The van der Waals surface area contributed by atoms with Crippen molar-refractivity contribution >= 4 is 23.3 Å². The summed E-state index contributed by atoms with van der Waals surface area (Å²) in [5, 5.41) is 2.83. The van der Waals surface area contributed by atoms with Gasteiger partial charge in [0.15, 0.2) is 0 Å². The molecule has 0 spiro atoms. The average molecular weight is 230 g/mol. The predicted octanol–water partition coefficient (Wildman–Crippen LogP) is 1.50. The number of rotatable bonds is 5. The fourth-order valence-corrected chi connectivity index (χ4v) is 1.04. The van der Waals surface area contributed by atoms with Crippen LogP contribution in [-0.2, 0) is 9.53 Å². The molecule has 1 N–H and O–H groups in total. The molecule has 0 unspecified atom stereocenters. The molecule has 1 amide bonds. The Bertz CT molecular complexity index is 333. The molecule has 0 radical (unpaired) electrons. The van der Waals surface area contributed by atoms with Gasteiger partial charge in [-0.3, -0.25) is 4.79 Å². The third-order valence-corrected chi connectivity index (χ3v) is 1.69. The number of carbonyl (C=O) groups is 1. The van der Waals surface area contributed by atoms with Crippen molar-refractivity contribution in [2.24, 2.45) is 0 Å². The third-order valence-electron chi connectivity index (χ3n) is 1.48. The zero-order chi connectivity index (χ0) is 11.1. The van der Waals surface area contributed by atoms with Crippen LogP contribution in [-0.4, -0.2) is 29.1 Å². The lowest BCUT2D eigenvalue weighted by Gasteiger charge is -2.04. The summed E-state index contributed by atoms with van der Waals surface area (Å²) in [6.45, 7) is 2.56. The molecule has 0 aromatic carbocycles. The highest BCUT2D eigenvalue weighted by Gasteiger charge is 2.03. The third kappa shape index (κ3) is 4.71. The molecular weight excluding hydrogens is 218 g/mol. The minimum Gasteiger partial charge on any atom is -0.372 e. The van der Waals surface area contributed by atoms with Gasteiger partial charge >= 0.3 is 0 Å². The molecule has 0 aliphatic rings. The molecule has 0 aliphatic heterocycles. The lowest BCUT2D eigenvalue weighted by atomic mass is 10.5. The van der Waals surface area contributed by atoms with Crippen molar-refractivity contribution in [1.82, 2.24) is 9.97 Å². The normalized spacial score (nSPS) is 10.0. The number of ether oxygens (including phenoxy) is 1. The van der Waals surface area contributed by atoms with E-state index in [1.54, 1.807) is 0 Å². The van der Waals surface area contributed by atoms with Crippen molar-refractivity contribution in [1.29, 1.82) is 0 Å². The van der Waals surface area contributed by atoms with E-state index < -0.39 is 0 Å². The molecule has 5 nitrogen and oxygen atoms in total. The molecule has 82 valence electrons. The summed E-state index contributed by atoms with van der Waals surface area (Å²) in [7, 11) is 0. The summed E-state index contributed by atoms with van der Waals surface area (Å²) in [6, 6.07) is 1.47. The largest absolute Gasteiger partial charge is 0.372 e. The van der Waals surface area contributed by atoms with Gasteiger partial charge in [0.2, 0.25) is 0 Å². The lowest BCUT2D eigenvalue weighted by Crippen LogP contribution is -2.19. The van der Waals surface area contributed by atoms with Crippen molar-refractivity contribution in [3.63, 3.8) is 0 Å². The van der Waals surface area contributed by atoms with Gasteiger partial charge in [-0.05, 0) is 6.42 Å². The number of hydrogen-bond donors (Lipinski definition) is 1. The first kappa shape index (κ1) is 11.9. The second-order valence-corrected chi connectivity index (χ2v) is 3.21. The fraction of sp³-hybridized carbons (Fsp3) is 0.444. The van der Waals surface area contributed by atoms with E-state index in [1.807, 2.05) is 6.92 Å². The van der Waals surface area contributed by atoms with Gasteiger partial charge in [0, 0.05) is 12.7 Å². The number of anilines is 1. The van der Waals surface area contributed by atoms with E-state index in [-0.39, 0.29) is 17.7 Å². The quantitative estimate of drug-likeness (QED) is 0.614. The molecule has 1 heterocycles. The Kier molecular flexibility index (Phi) is 5.00. The van der Waals surface area contributed by atoms with E-state index in [0.717, 1.165) is 6.42 Å². The molecule has 0 aliphatic carbocycles. The number of nitrogens with zero attached hydrogens (tertiary/aromatic N) is 2. The summed E-state index contributed by atoms with van der Waals surface area (Å²) in [6.07, 6.45) is 2.16. The van der Waals surface area contributed by atoms with Gasteiger partial charge < -0.3 is 10.1 Å². The highest BCUT2D eigenvalue weighted by molar-refractivity contribution is 6.29. The first-order valence-corrected chi connectivity index (χ1v) is 4.95. The van der Waals surface area contributed by atoms with Crippen LogP contribution in [0.2, 0.25) is 5.15 Å². The van der Waals surface area contributed by atoms with E-state index in [0.29, 0.717) is 12.4 Å². The van der Waals surface area contributed by atoms with E-state index in [2.05, 4.69) is 15.3 Å². The Hall–Kier alpha value is -1.20. The van der Waals surface area contributed by atoms with Gasteiger partial charge in [-0.25, -0.2) is 9.97 Å². The van der Waals surface area contributed by atoms with Crippen LogP contribution >= 0.6 is 11.6 Å². The van der Waals surface area contributed by atoms with E-state index >= 15 is 0 Å². The first-order chi connectivity index (χ1) is 7.22. The number of nitrogens with one attached hydrogen (secondary N) is 1. The van der Waals surface area contributed by atoms with Gasteiger partial charge in [0.25, 0.3) is 5.91 Å². The maximum Gasteiger partial charge on any atom is 0.251 e. The van der Waals surface area contributed by atoms with Crippen LogP contribution in [0.1, 0.15) is 13.3 Å². The molecule has 0 saturated heterocycles. The topological polar surface area (TPSA) is 64.1 Å². The van der Waals surface area contributed by atoms with Gasteiger partial charge in [-0.2, -0.15) is 0 Å². The van der Waals surface area contributed by atoms with E-state index in [1.165, 1.54) is 12.4 Å². The van der Waals surface area contributed by atoms with Crippen molar-refractivity contribution in [2.75, 3.05) is 18.5 Å². The van der Waals surface area contributed by atoms with Crippen molar-refractivity contribution in [2.45, 2.75) is 13.3 Å². The van der Waals surface area contributed by atoms with Crippen molar-refractivity contribution < 1.29 is 9.53 Å². The monoisotopic (exact) mass is 229 g/mol. The zero-order valence-corrected chi connectivity index (χ0v) is 9.12. The SMILES string of the molecule is CCCOCC(=O)Nc1cc(Cl)ncn1. The summed E-state index contributed by atoms with van der Waals surface area (Å²) >= 11 is 5.62. The Morgan fingerprint density at radius 1 is 1.60 bits per heavy atom. The van der Waals surface area contributed by atoms with Gasteiger partial charge in [-0.15, -0.1) is 0 Å². The van der Waals surface area contributed by atoms with Crippen LogP contribution in [0.15, 0.2) is 12.4 Å². The summed E-state index contributed by atoms with van der Waals surface area (Å²) in [5.41, 5.74) is 0. The highest BCUT2D eigenvalue weighted by atomic mass is 35.5. The second kappa shape index (κ2) is 6.31. The smallest absolute Gasteiger partial charge is 0.251 e. The first-order valence-electron chi connectivity index (χ1n) is 4.57. The molecule has 1 aromatic rings. The molecule has 0 saturated carbocycles. The number of aromatic nitrogens is 2. The van der Waals surface area contributed by atoms with Crippen LogP contribution in [0.3, 0.4) is 0 Å². The van der Waals surface area contributed by atoms with Crippen LogP contribution in [0.4, 0.5) is 5.82 Å². The average Bonchev–Trinajstić information content (AvgIpc) is 2.18. The zero-order valence-electron chi connectivity index (χ0n) is 8.36. The number of halogens is 1. The maximum atomic E-state index is 11.3. The Balaban J connectivity index is 2.37. The second-order valence-electron chi connectivity index (χ2n) is 2.83. The maximum absolute atomic E-state index is 11.3. The van der Waals surface area contributed by atoms with Gasteiger partial charge in [0.1, 0.15) is 23.9 Å². The van der Waals surface area contributed by atoms with Crippen LogP contribution in [0.5, 0.6) is 0 Å². The fourth-order valence-electron chi connectivity index (χ4n) is 0.890. The molecule has 1 rings (SSSR count).